The second-order valence-corrected chi connectivity index (χ2v) is 5.95. The molecule has 0 aliphatic rings. The molecule has 0 saturated heterocycles. The zero-order chi connectivity index (χ0) is 17.7. The monoisotopic (exact) mass is 325 g/mol. The van der Waals surface area contributed by atoms with E-state index in [1.54, 1.807) is 0 Å². The van der Waals surface area contributed by atoms with Crippen molar-refractivity contribution in [2.24, 2.45) is 0 Å². The highest BCUT2D eigenvalue weighted by Gasteiger charge is 2.11. The number of urea groups is 1. The predicted molar refractivity (Wildman–Crippen MR) is 97.2 cm³/mol. The largest absolute Gasteiger partial charge is 0.331 e. The van der Waals surface area contributed by atoms with Crippen molar-refractivity contribution in [3.05, 3.63) is 59.2 Å². The second kappa shape index (κ2) is 7.64. The maximum absolute atomic E-state index is 12.2. The number of benzene rings is 2. The smallest absolute Gasteiger partial charge is 0.319 e. The van der Waals surface area contributed by atoms with E-state index in [2.05, 4.69) is 16.0 Å². The summed E-state index contributed by atoms with van der Waals surface area (Å²) in [6.45, 7) is 7.34. The molecule has 5 heteroatoms. The fourth-order valence-electron chi connectivity index (χ4n) is 2.48. The van der Waals surface area contributed by atoms with Crippen molar-refractivity contribution in [3.8, 4) is 0 Å². The van der Waals surface area contributed by atoms with Gasteiger partial charge in [-0.1, -0.05) is 29.8 Å². The minimum Gasteiger partial charge on any atom is -0.331 e. The molecule has 0 unspecified atom stereocenters. The number of amides is 3. The van der Waals surface area contributed by atoms with E-state index in [1.165, 1.54) is 6.92 Å². The number of hydrogen-bond donors (Lipinski definition) is 3. The molecule has 2 aromatic carbocycles. The number of anilines is 2. The van der Waals surface area contributed by atoms with Crippen LogP contribution in [-0.2, 0) is 4.79 Å². The average molecular weight is 325 g/mol. The van der Waals surface area contributed by atoms with E-state index in [0.717, 1.165) is 22.4 Å². The number of carbonyl (C=O) groups is 2. The van der Waals surface area contributed by atoms with Crippen molar-refractivity contribution in [1.29, 1.82) is 0 Å². The fourth-order valence-corrected chi connectivity index (χ4v) is 2.48. The van der Waals surface area contributed by atoms with E-state index in [9.17, 15) is 9.59 Å². The molecule has 0 aliphatic heterocycles. The van der Waals surface area contributed by atoms with Crippen LogP contribution < -0.4 is 16.0 Å². The Balaban J connectivity index is 2.02. The summed E-state index contributed by atoms with van der Waals surface area (Å²) in [5.74, 6) is -0.125. The van der Waals surface area contributed by atoms with Gasteiger partial charge in [0.05, 0.1) is 6.04 Å². The SMILES string of the molecule is CC(=O)Nc1cccc([C@@H](C)NC(=O)Nc2ccc(C)cc2C)c1. The van der Waals surface area contributed by atoms with Crippen molar-refractivity contribution in [2.45, 2.75) is 33.7 Å². The van der Waals surface area contributed by atoms with Crippen LogP contribution in [0.3, 0.4) is 0 Å². The molecule has 2 rings (SSSR count). The highest BCUT2D eigenvalue weighted by molar-refractivity contribution is 5.90. The molecule has 0 bridgehead atoms. The van der Waals surface area contributed by atoms with Gasteiger partial charge in [0.1, 0.15) is 0 Å². The number of hydrogen-bond acceptors (Lipinski definition) is 2. The molecule has 3 N–H and O–H groups in total. The van der Waals surface area contributed by atoms with E-state index in [0.29, 0.717) is 5.69 Å². The minimum atomic E-state index is -0.264. The summed E-state index contributed by atoms with van der Waals surface area (Å²) in [6, 6.07) is 12.8. The van der Waals surface area contributed by atoms with Crippen LogP contribution in [0.2, 0.25) is 0 Å². The van der Waals surface area contributed by atoms with Gasteiger partial charge in [-0.15, -0.1) is 0 Å². The molecule has 0 spiro atoms. The quantitative estimate of drug-likeness (QED) is 0.790. The van der Waals surface area contributed by atoms with Gasteiger partial charge in [0.25, 0.3) is 0 Å². The Kier molecular flexibility index (Phi) is 5.58. The molecule has 1 atom stereocenters. The molecule has 0 aliphatic carbocycles. The summed E-state index contributed by atoms with van der Waals surface area (Å²) in [6.07, 6.45) is 0. The van der Waals surface area contributed by atoms with Gasteiger partial charge in [-0.3, -0.25) is 4.79 Å². The van der Waals surface area contributed by atoms with Crippen molar-refractivity contribution in [1.82, 2.24) is 5.32 Å². The molecule has 24 heavy (non-hydrogen) atoms. The van der Waals surface area contributed by atoms with Gasteiger partial charge in [0.2, 0.25) is 5.91 Å². The van der Waals surface area contributed by atoms with Crippen molar-refractivity contribution < 1.29 is 9.59 Å². The van der Waals surface area contributed by atoms with E-state index >= 15 is 0 Å². The topological polar surface area (TPSA) is 70.2 Å². The maximum atomic E-state index is 12.2. The van der Waals surface area contributed by atoms with E-state index in [-0.39, 0.29) is 18.0 Å². The third kappa shape index (κ3) is 4.84. The Morgan fingerprint density at radius 2 is 1.75 bits per heavy atom. The van der Waals surface area contributed by atoms with Crippen molar-refractivity contribution in [2.75, 3.05) is 10.6 Å². The van der Waals surface area contributed by atoms with E-state index in [4.69, 9.17) is 0 Å². The second-order valence-electron chi connectivity index (χ2n) is 5.95. The highest BCUT2D eigenvalue weighted by atomic mass is 16.2. The Hall–Kier alpha value is -2.82. The van der Waals surface area contributed by atoms with Crippen LogP contribution in [0.5, 0.6) is 0 Å². The number of rotatable bonds is 4. The lowest BCUT2D eigenvalue weighted by Gasteiger charge is -2.17. The Morgan fingerprint density at radius 3 is 2.42 bits per heavy atom. The summed E-state index contributed by atoms with van der Waals surface area (Å²) >= 11 is 0. The van der Waals surface area contributed by atoms with Crippen molar-refractivity contribution >= 4 is 23.3 Å². The number of aryl methyl sites for hydroxylation is 2. The van der Waals surface area contributed by atoms with Gasteiger partial charge in [-0.2, -0.15) is 0 Å². The zero-order valence-corrected chi connectivity index (χ0v) is 14.4. The van der Waals surface area contributed by atoms with E-state index in [1.807, 2.05) is 63.2 Å². The number of nitrogens with one attached hydrogen (secondary N) is 3. The van der Waals surface area contributed by atoms with Crippen LogP contribution in [0, 0.1) is 13.8 Å². The molecule has 3 amide bonds. The standard InChI is InChI=1S/C19H23N3O2/c1-12-8-9-18(13(2)10-12)22-19(24)20-14(3)16-6-5-7-17(11-16)21-15(4)23/h5-11,14H,1-4H3,(H,21,23)(H2,20,22,24)/t14-/m1/s1. The van der Waals surface area contributed by atoms with Gasteiger partial charge in [0, 0.05) is 18.3 Å². The molecule has 0 radical (unpaired) electrons. The molecule has 5 nitrogen and oxygen atoms in total. The lowest BCUT2D eigenvalue weighted by atomic mass is 10.1. The third-order valence-corrected chi connectivity index (χ3v) is 3.68. The predicted octanol–water partition coefficient (Wildman–Crippen LogP) is 4.14. The molecular formula is C19H23N3O2. The van der Waals surface area contributed by atoms with Gasteiger partial charge >= 0.3 is 6.03 Å². The Morgan fingerprint density at radius 1 is 1.00 bits per heavy atom. The van der Waals surface area contributed by atoms with Gasteiger partial charge in [-0.25, -0.2) is 4.79 Å². The minimum absolute atomic E-state index is 0.125. The molecule has 2 aromatic rings. The highest BCUT2D eigenvalue weighted by Crippen LogP contribution is 2.19. The first-order chi connectivity index (χ1) is 11.3. The lowest BCUT2D eigenvalue weighted by Crippen LogP contribution is -2.31. The van der Waals surface area contributed by atoms with Crippen LogP contribution >= 0.6 is 0 Å². The summed E-state index contributed by atoms with van der Waals surface area (Å²) in [4.78, 5) is 23.3. The molecule has 0 saturated carbocycles. The molecule has 0 fully saturated rings. The fraction of sp³-hybridized carbons (Fsp3) is 0.263. The van der Waals surface area contributed by atoms with Crippen LogP contribution in [0.1, 0.15) is 36.6 Å². The maximum Gasteiger partial charge on any atom is 0.319 e. The first kappa shape index (κ1) is 17.5. The van der Waals surface area contributed by atoms with Gasteiger partial charge in [0.15, 0.2) is 0 Å². The molecule has 0 heterocycles. The lowest BCUT2D eigenvalue weighted by molar-refractivity contribution is -0.114. The normalized spacial score (nSPS) is 11.5. The summed E-state index contributed by atoms with van der Waals surface area (Å²) in [5, 5.41) is 8.51. The molecular weight excluding hydrogens is 302 g/mol. The van der Waals surface area contributed by atoms with Gasteiger partial charge < -0.3 is 16.0 Å². The number of carbonyl (C=O) groups excluding carboxylic acids is 2. The van der Waals surface area contributed by atoms with Gasteiger partial charge in [-0.05, 0) is 50.1 Å². The summed E-state index contributed by atoms with van der Waals surface area (Å²) in [5.41, 5.74) is 4.59. The van der Waals surface area contributed by atoms with Crippen molar-refractivity contribution in [3.63, 3.8) is 0 Å². The molecule has 126 valence electrons. The first-order valence-corrected chi connectivity index (χ1v) is 7.87. The zero-order valence-electron chi connectivity index (χ0n) is 14.4. The summed E-state index contributed by atoms with van der Waals surface area (Å²) in [7, 11) is 0. The Labute approximate surface area is 142 Å². The van der Waals surface area contributed by atoms with Crippen LogP contribution in [0.15, 0.2) is 42.5 Å². The first-order valence-electron chi connectivity index (χ1n) is 7.87. The van der Waals surface area contributed by atoms with Crippen LogP contribution in [0.25, 0.3) is 0 Å². The summed E-state index contributed by atoms with van der Waals surface area (Å²) < 4.78 is 0. The third-order valence-electron chi connectivity index (χ3n) is 3.68. The molecule has 0 aromatic heterocycles. The van der Waals surface area contributed by atoms with Crippen LogP contribution in [0.4, 0.5) is 16.2 Å². The van der Waals surface area contributed by atoms with Crippen LogP contribution in [-0.4, -0.2) is 11.9 Å². The Bertz CT molecular complexity index is 756. The van der Waals surface area contributed by atoms with E-state index < -0.39 is 0 Å². The average Bonchev–Trinajstić information content (AvgIpc) is 2.49.